The Labute approximate surface area is 123 Å². The van der Waals surface area contributed by atoms with Crippen LogP contribution in [0.15, 0.2) is 48.5 Å². The maximum Gasteiger partial charge on any atom is 0.261 e. The van der Waals surface area contributed by atoms with Crippen molar-refractivity contribution in [2.24, 2.45) is 0 Å². The van der Waals surface area contributed by atoms with Crippen LogP contribution in [-0.4, -0.2) is 19.1 Å². The number of rotatable bonds is 4. The van der Waals surface area contributed by atoms with E-state index in [1.165, 1.54) is 0 Å². The van der Waals surface area contributed by atoms with Gasteiger partial charge < -0.3 is 14.8 Å². The predicted octanol–water partition coefficient (Wildman–Crippen LogP) is 2.32. The van der Waals surface area contributed by atoms with Crippen LogP contribution < -0.4 is 14.8 Å². The van der Waals surface area contributed by atoms with Crippen LogP contribution in [0.2, 0.25) is 0 Å². The van der Waals surface area contributed by atoms with Crippen molar-refractivity contribution in [2.45, 2.75) is 19.1 Å². The Morgan fingerprint density at radius 2 is 2.00 bits per heavy atom. The monoisotopic (exact) mass is 283 g/mol. The molecule has 1 aliphatic heterocycles. The van der Waals surface area contributed by atoms with Gasteiger partial charge in [0, 0.05) is 18.5 Å². The van der Waals surface area contributed by atoms with Crippen molar-refractivity contribution in [2.75, 3.05) is 7.11 Å². The van der Waals surface area contributed by atoms with Crippen molar-refractivity contribution in [3.8, 4) is 11.5 Å². The van der Waals surface area contributed by atoms with Crippen molar-refractivity contribution in [3.05, 3.63) is 59.7 Å². The summed E-state index contributed by atoms with van der Waals surface area (Å²) < 4.78 is 10.9. The molecule has 4 heteroatoms. The fourth-order valence-electron chi connectivity index (χ4n) is 2.47. The van der Waals surface area contributed by atoms with Crippen LogP contribution in [-0.2, 0) is 17.8 Å². The molecule has 0 radical (unpaired) electrons. The normalized spacial score (nSPS) is 16.0. The highest BCUT2D eigenvalue weighted by Gasteiger charge is 2.28. The number of amides is 1. The third-order valence-corrected chi connectivity index (χ3v) is 3.59. The van der Waals surface area contributed by atoms with E-state index in [1.54, 1.807) is 7.11 Å². The molecule has 0 aliphatic carbocycles. The van der Waals surface area contributed by atoms with E-state index < -0.39 is 6.10 Å². The van der Waals surface area contributed by atoms with E-state index in [1.807, 2.05) is 48.5 Å². The molecule has 21 heavy (non-hydrogen) atoms. The van der Waals surface area contributed by atoms with Gasteiger partial charge in [-0.3, -0.25) is 4.79 Å². The third kappa shape index (κ3) is 2.84. The Balaban J connectivity index is 1.61. The Morgan fingerprint density at radius 3 is 2.81 bits per heavy atom. The average molecular weight is 283 g/mol. The summed E-state index contributed by atoms with van der Waals surface area (Å²) in [4.78, 5) is 12.2. The highest BCUT2D eigenvalue weighted by molar-refractivity contribution is 5.82. The van der Waals surface area contributed by atoms with Crippen LogP contribution in [0.25, 0.3) is 0 Å². The first-order chi connectivity index (χ1) is 10.3. The second kappa shape index (κ2) is 5.87. The van der Waals surface area contributed by atoms with Gasteiger partial charge in [-0.2, -0.15) is 0 Å². The number of benzene rings is 2. The highest BCUT2D eigenvalue weighted by atomic mass is 16.5. The van der Waals surface area contributed by atoms with E-state index in [0.717, 1.165) is 22.6 Å². The van der Waals surface area contributed by atoms with Crippen molar-refractivity contribution in [3.63, 3.8) is 0 Å². The second-order valence-electron chi connectivity index (χ2n) is 4.95. The minimum absolute atomic E-state index is 0.0999. The number of fused-ring (bicyclic) bond motifs is 1. The van der Waals surface area contributed by atoms with E-state index in [9.17, 15) is 4.79 Å². The molecule has 0 saturated carbocycles. The summed E-state index contributed by atoms with van der Waals surface area (Å²) in [7, 11) is 1.62. The van der Waals surface area contributed by atoms with Gasteiger partial charge in [-0.05, 0) is 17.7 Å². The Hall–Kier alpha value is -2.49. The third-order valence-electron chi connectivity index (χ3n) is 3.59. The quantitative estimate of drug-likeness (QED) is 0.936. The molecular formula is C17H17NO3. The van der Waals surface area contributed by atoms with Gasteiger partial charge in [0.25, 0.3) is 5.91 Å². The lowest BCUT2D eigenvalue weighted by Gasteiger charge is -2.13. The Bertz CT molecular complexity index is 629. The van der Waals surface area contributed by atoms with Gasteiger partial charge in [0.1, 0.15) is 11.5 Å². The topological polar surface area (TPSA) is 47.6 Å². The summed E-state index contributed by atoms with van der Waals surface area (Å²) in [6.45, 7) is 0.430. The molecule has 0 spiro atoms. The number of methoxy groups -OCH3 is 1. The zero-order valence-electron chi connectivity index (χ0n) is 11.8. The van der Waals surface area contributed by atoms with Gasteiger partial charge in [0.05, 0.1) is 7.11 Å². The van der Waals surface area contributed by atoms with Crippen LogP contribution >= 0.6 is 0 Å². The number of hydrogen-bond donors (Lipinski definition) is 1. The first-order valence-electron chi connectivity index (χ1n) is 6.92. The van der Waals surface area contributed by atoms with Crippen LogP contribution in [0, 0.1) is 0 Å². The maximum absolute atomic E-state index is 12.2. The van der Waals surface area contributed by atoms with E-state index in [4.69, 9.17) is 9.47 Å². The molecule has 0 aromatic heterocycles. The van der Waals surface area contributed by atoms with E-state index in [-0.39, 0.29) is 5.91 Å². The first-order valence-corrected chi connectivity index (χ1v) is 6.92. The Morgan fingerprint density at radius 1 is 1.24 bits per heavy atom. The van der Waals surface area contributed by atoms with Crippen molar-refractivity contribution >= 4 is 5.91 Å². The van der Waals surface area contributed by atoms with E-state index in [0.29, 0.717) is 13.0 Å². The molecule has 1 heterocycles. The van der Waals surface area contributed by atoms with Gasteiger partial charge >= 0.3 is 0 Å². The molecule has 108 valence electrons. The van der Waals surface area contributed by atoms with Gasteiger partial charge in [-0.15, -0.1) is 0 Å². The zero-order chi connectivity index (χ0) is 14.7. The summed E-state index contributed by atoms with van der Waals surface area (Å²) in [5, 5.41) is 2.91. The minimum Gasteiger partial charge on any atom is -0.496 e. The molecule has 1 amide bonds. The van der Waals surface area contributed by atoms with Crippen molar-refractivity contribution in [1.82, 2.24) is 5.32 Å². The molecule has 4 nitrogen and oxygen atoms in total. The standard InChI is InChI=1S/C17H17NO3/c1-20-14-8-4-3-7-13(14)11-18-17(19)16-10-12-6-2-5-9-15(12)21-16/h2-9,16H,10-11H2,1H3,(H,18,19)/t16-/m1/s1. The number of para-hydroxylation sites is 2. The fraction of sp³-hybridized carbons (Fsp3) is 0.235. The number of hydrogen-bond acceptors (Lipinski definition) is 3. The van der Waals surface area contributed by atoms with Gasteiger partial charge in [0.15, 0.2) is 6.10 Å². The van der Waals surface area contributed by atoms with E-state index >= 15 is 0 Å². The second-order valence-corrected chi connectivity index (χ2v) is 4.95. The molecule has 1 aliphatic rings. The van der Waals surface area contributed by atoms with Gasteiger partial charge in [-0.1, -0.05) is 36.4 Å². The van der Waals surface area contributed by atoms with Gasteiger partial charge in [0.2, 0.25) is 0 Å². The van der Waals surface area contributed by atoms with Crippen molar-refractivity contribution < 1.29 is 14.3 Å². The summed E-state index contributed by atoms with van der Waals surface area (Å²) in [5.74, 6) is 1.47. The molecule has 0 saturated heterocycles. The number of carbonyl (C=O) groups excluding carboxylic acids is 1. The number of ether oxygens (including phenoxy) is 2. The molecule has 1 atom stereocenters. The lowest BCUT2D eigenvalue weighted by atomic mass is 10.1. The van der Waals surface area contributed by atoms with Crippen molar-refractivity contribution in [1.29, 1.82) is 0 Å². The summed E-state index contributed by atoms with van der Waals surface area (Å²) in [6, 6.07) is 15.4. The first kappa shape index (κ1) is 13.5. The number of carbonyl (C=O) groups is 1. The SMILES string of the molecule is COc1ccccc1CNC(=O)[C@H]1Cc2ccccc2O1. The molecular weight excluding hydrogens is 266 g/mol. The molecule has 0 unspecified atom stereocenters. The van der Waals surface area contributed by atoms with E-state index in [2.05, 4.69) is 5.32 Å². The fourth-order valence-corrected chi connectivity index (χ4v) is 2.47. The summed E-state index contributed by atoms with van der Waals surface area (Å²) in [5.41, 5.74) is 2.03. The highest BCUT2D eigenvalue weighted by Crippen LogP contribution is 2.28. The molecule has 0 fully saturated rings. The predicted molar refractivity (Wildman–Crippen MR) is 79.4 cm³/mol. The van der Waals surface area contributed by atoms with Crippen LogP contribution in [0.4, 0.5) is 0 Å². The zero-order valence-corrected chi connectivity index (χ0v) is 11.8. The molecule has 2 aromatic rings. The minimum atomic E-state index is -0.447. The summed E-state index contributed by atoms with van der Waals surface area (Å²) >= 11 is 0. The Kier molecular flexibility index (Phi) is 3.77. The lowest BCUT2D eigenvalue weighted by molar-refractivity contribution is -0.127. The van der Waals surface area contributed by atoms with Crippen LogP contribution in [0.3, 0.4) is 0 Å². The largest absolute Gasteiger partial charge is 0.496 e. The molecule has 2 aromatic carbocycles. The van der Waals surface area contributed by atoms with Gasteiger partial charge in [-0.25, -0.2) is 0 Å². The lowest BCUT2D eigenvalue weighted by Crippen LogP contribution is -2.37. The molecule has 0 bridgehead atoms. The summed E-state index contributed by atoms with van der Waals surface area (Å²) in [6.07, 6.45) is 0.172. The molecule has 3 rings (SSSR count). The number of nitrogens with one attached hydrogen (secondary N) is 1. The van der Waals surface area contributed by atoms with Crippen LogP contribution in [0.5, 0.6) is 11.5 Å². The van der Waals surface area contributed by atoms with Crippen LogP contribution in [0.1, 0.15) is 11.1 Å². The smallest absolute Gasteiger partial charge is 0.261 e. The maximum atomic E-state index is 12.2. The average Bonchev–Trinajstić information content (AvgIpc) is 2.97. The molecule has 1 N–H and O–H groups in total.